The van der Waals surface area contributed by atoms with E-state index in [0.717, 1.165) is 136 Å². The minimum atomic E-state index is -0.683. The Morgan fingerprint density at radius 1 is 0.738 bits per heavy atom. The number of imide groups is 1. The number of likely N-dealkylation sites (tertiary alicyclic amines) is 2. The predicted molar refractivity (Wildman–Crippen MR) is 251 cm³/mol. The molecule has 15 heteroatoms. The number of nitrogen functional groups attached to an aromatic ring is 1. The Bertz CT molecular complexity index is 2790. The summed E-state index contributed by atoms with van der Waals surface area (Å²) in [7, 11) is 3.84. The van der Waals surface area contributed by atoms with Crippen molar-refractivity contribution in [2.24, 2.45) is 20.0 Å². The van der Waals surface area contributed by atoms with E-state index in [-0.39, 0.29) is 23.9 Å². The molecule has 10 rings (SSSR count). The number of aryl methyl sites for hydroxylation is 2. The Morgan fingerprint density at radius 2 is 1.48 bits per heavy atom. The summed E-state index contributed by atoms with van der Waals surface area (Å²) in [4.78, 5) is 69.8. The maximum atomic E-state index is 13.6. The predicted octanol–water partition coefficient (Wildman–Crippen LogP) is 4.90. The van der Waals surface area contributed by atoms with E-state index in [1.165, 1.54) is 15.8 Å². The molecule has 3 N–H and O–H groups in total. The number of nitrogens with two attached hydrogens (primary N) is 1. The van der Waals surface area contributed by atoms with Crippen LogP contribution < -0.4 is 16.7 Å². The van der Waals surface area contributed by atoms with Crippen LogP contribution in [0.2, 0.25) is 0 Å². The number of nitrogens with zero attached hydrogens (tertiary/aromatic N) is 9. The Morgan fingerprint density at radius 3 is 2.20 bits per heavy atom. The number of rotatable bonds is 10. The molecule has 4 saturated heterocycles. The first-order valence-corrected chi connectivity index (χ1v) is 23.3. The first-order valence-electron chi connectivity index (χ1n) is 23.3. The van der Waals surface area contributed by atoms with Crippen molar-refractivity contribution in [3.63, 3.8) is 0 Å². The number of carbonyl (C=O) groups excluding carboxylic acids is 3. The van der Waals surface area contributed by atoms with Gasteiger partial charge in [0.15, 0.2) is 0 Å². The lowest BCUT2D eigenvalue weighted by atomic mass is 9.88. The molecular weight excluding hydrogens is 819 g/mol. The van der Waals surface area contributed by atoms with Gasteiger partial charge in [-0.2, -0.15) is 0 Å². The molecule has 0 spiro atoms. The molecule has 338 valence electrons. The Balaban J connectivity index is 0.663. The lowest BCUT2D eigenvalue weighted by Crippen LogP contribution is -2.48. The maximum Gasteiger partial charge on any atom is 0.329 e. The molecule has 6 aromatic rings. The van der Waals surface area contributed by atoms with Crippen LogP contribution in [0.1, 0.15) is 77.7 Å². The molecule has 4 aromatic heterocycles. The summed E-state index contributed by atoms with van der Waals surface area (Å²) in [6, 6.07) is 22.0. The largest absolute Gasteiger partial charge is 0.384 e. The monoisotopic (exact) mass is 877 g/mol. The van der Waals surface area contributed by atoms with Crippen LogP contribution >= 0.6 is 0 Å². The Labute approximate surface area is 378 Å². The van der Waals surface area contributed by atoms with Crippen molar-refractivity contribution in [2.75, 3.05) is 64.6 Å². The van der Waals surface area contributed by atoms with Crippen LogP contribution in [-0.4, -0.2) is 120 Å². The van der Waals surface area contributed by atoms with Gasteiger partial charge in [-0.05, 0) is 122 Å². The molecule has 0 saturated carbocycles. The van der Waals surface area contributed by atoms with Crippen LogP contribution in [0.5, 0.6) is 0 Å². The molecule has 8 heterocycles. The van der Waals surface area contributed by atoms with Gasteiger partial charge in [0.2, 0.25) is 11.8 Å². The molecule has 4 aliphatic rings. The van der Waals surface area contributed by atoms with Crippen molar-refractivity contribution in [2.45, 2.75) is 63.6 Å². The molecule has 0 radical (unpaired) electrons. The van der Waals surface area contributed by atoms with Gasteiger partial charge in [-0.1, -0.05) is 18.2 Å². The van der Waals surface area contributed by atoms with Crippen molar-refractivity contribution in [3.05, 3.63) is 112 Å². The van der Waals surface area contributed by atoms with Crippen LogP contribution in [0, 0.1) is 5.92 Å². The molecular formula is C50H59N11O4. The summed E-state index contributed by atoms with van der Waals surface area (Å²) in [5.74, 6) is 1.01. The number of fused-ring (bicyclic) bond motifs is 2. The van der Waals surface area contributed by atoms with Crippen molar-refractivity contribution in [1.82, 2.24) is 48.6 Å². The highest BCUT2D eigenvalue weighted by Gasteiger charge is 2.32. The number of benzene rings is 2. The number of imidazole rings is 1. The number of hydrogen-bond acceptors (Lipinski definition) is 10. The average molecular weight is 878 g/mol. The molecule has 4 aliphatic heterocycles. The fourth-order valence-corrected chi connectivity index (χ4v) is 10.8. The number of carbonyl (C=O) groups is 3. The number of amides is 3. The van der Waals surface area contributed by atoms with Crippen molar-refractivity contribution in [1.29, 1.82) is 0 Å². The smallest absolute Gasteiger partial charge is 0.329 e. The van der Waals surface area contributed by atoms with E-state index in [9.17, 15) is 19.2 Å². The zero-order chi connectivity index (χ0) is 44.8. The SMILES string of the molecule is Cn1c(CN2CCC(c3ccc(C(=O)N4CCC(CN5CCN(Cc6ccc7c(c6)n(C)c(=O)n7C6CCC(=O)NC6=O)CC5)CC4)cc3)CC2)cc2c(-c3ccc(N)nc3)ccnc21. The summed E-state index contributed by atoms with van der Waals surface area (Å²) in [6.07, 6.45) is 8.46. The van der Waals surface area contributed by atoms with Gasteiger partial charge >= 0.3 is 5.69 Å². The summed E-state index contributed by atoms with van der Waals surface area (Å²) in [5, 5.41) is 3.51. The zero-order valence-electron chi connectivity index (χ0n) is 37.5. The Hall–Kier alpha value is -6.16. The van der Waals surface area contributed by atoms with Crippen molar-refractivity contribution < 1.29 is 14.4 Å². The molecule has 0 bridgehead atoms. The minimum absolute atomic E-state index is 0.143. The van der Waals surface area contributed by atoms with Gasteiger partial charge in [-0.3, -0.25) is 38.6 Å². The van der Waals surface area contributed by atoms with E-state index in [1.54, 1.807) is 11.6 Å². The van der Waals surface area contributed by atoms with Crippen LogP contribution in [0.3, 0.4) is 0 Å². The number of nitrogens with one attached hydrogen (secondary N) is 1. The molecule has 3 amide bonds. The lowest BCUT2D eigenvalue weighted by molar-refractivity contribution is -0.135. The summed E-state index contributed by atoms with van der Waals surface area (Å²) in [6.45, 7) is 10.3. The van der Waals surface area contributed by atoms with E-state index < -0.39 is 11.9 Å². The van der Waals surface area contributed by atoms with E-state index >= 15 is 0 Å². The molecule has 1 atom stereocenters. The zero-order valence-corrected chi connectivity index (χ0v) is 37.5. The summed E-state index contributed by atoms with van der Waals surface area (Å²) < 4.78 is 5.35. The van der Waals surface area contributed by atoms with Gasteiger partial charge in [-0.25, -0.2) is 14.8 Å². The van der Waals surface area contributed by atoms with Crippen LogP contribution in [0.25, 0.3) is 33.2 Å². The fraction of sp³-hybridized carbons (Fsp3) is 0.440. The van der Waals surface area contributed by atoms with Gasteiger partial charge in [-0.15, -0.1) is 0 Å². The molecule has 2 aromatic carbocycles. The van der Waals surface area contributed by atoms with E-state index in [4.69, 9.17) is 10.7 Å². The highest BCUT2D eigenvalue weighted by atomic mass is 16.2. The second-order valence-corrected chi connectivity index (χ2v) is 18.7. The fourth-order valence-electron chi connectivity index (χ4n) is 10.8. The third-order valence-corrected chi connectivity index (χ3v) is 14.7. The third-order valence-electron chi connectivity index (χ3n) is 14.7. The van der Waals surface area contributed by atoms with Gasteiger partial charge < -0.3 is 20.1 Å². The van der Waals surface area contributed by atoms with Gasteiger partial charge in [0.25, 0.3) is 5.91 Å². The number of aromatic nitrogens is 5. The minimum Gasteiger partial charge on any atom is -0.384 e. The standard InChI is InChI=1S/C50H59N11O4/c1-55-39(28-41-40(13-18-52-47(41)55)38-8-11-45(51)53-29-38)32-57-19-16-36(17-20-57)35-4-6-37(7-5-35)49(64)60-21-14-33(15-22-60)30-58-23-25-59(26-24-58)31-34-3-9-42-44(27-34)56(2)50(65)61(42)43-10-12-46(62)54-48(43)63/h3-9,11,13,18,27-29,33,36,43H,10,12,14-17,19-26,30-32H2,1-2H3,(H2,51,53)(H,54,62,63). The highest BCUT2D eigenvalue weighted by Crippen LogP contribution is 2.33. The van der Waals surface area contributed by atoms with E-state index in [0.29, 0.717) is 29.6 Å². The normalized spacial score (nSPS) is 20.0. The lowest BCUT2D eigenvalue weighted by Gasteiger charge is -2.39. The second-order valence-electron chi connectivity index (χ2n) is 18.7. The first kappa shape index (κ1) is 42.8. The first-order chi connectivity index (χ1) is 31.6. The van der Waals surface area contributed by atoms with Gasteiger partial charge in [0.05, 0.1) is 11.0 Å². The van der Waals surface area contributed by atoms with Crippen molar-refractivity contribution in [3.8, 4) is 11.1 Å². The molecule has 4 fully saturated rings. The number of hydrogen-bond donors (Lipinski definition) is 2. The van der Waals surface area contributed by atoms with Gasteiger partial charge in [0.1, 0.15) is 17.5 Å². The number of pyridine rings is 2. The maximum absolute atomic E-state index is 13.6. The second kappa shape index (κ2) is 18.0. The molecule has 65 heavy (non-hydrogen) atoms. The third kappa shape index (κ3) is 8.72. The average Bonchev–Trinajstić information content (AvgIpc) is 3.77. The Kier molecular flexibility index (Phi) is 11.9. The highest BCUT2D eigenvalue weighted by molar-refractivity contribution is 6.00. The quantitative estimate of drug-likeness (QED) is 0.182. The number of anilines is 1. The number of piperazine rings is 1. The summed E-state index contributed by atoms with van der Waals surface area (Å²) >= 11 is 0. The molecule has 0 aliphatic carbocycles. The van der Waals surface area contributed by atoms with Crippen LogP contribution in [0.15, 0.2) is 83.9 Å². The summed E-state index contributed by atoms with van der Waals surface area (Å²) in [5.41, 5.74) is 14.7. The van der Waals surface area contributed by atoms with E-state index in [2.05, 4.69) is 66.9 Å². The van der Waals surface area contributed by atoms with Crippen molar-refractivity contribution >= 4 is 45.6 Å². The number of piperidine rings is 3. The molecule has 1 unspecified atom stereocenters. The van der Waals surface area contributed by atoms with Gasteiger partial charge in [0, 0.05) is 114 Å². The topological polar surface area (TPSA) is 160 Å². The van der Waals surface area contributed by atoms with Crippen LogP contribution in [-0.2, 0) is 36.8 Å². The van der Waals surface area contributed by atoms with Crippen LogP contribution in [0.4, 0.5) is 5.82 Å². The van der Waals surface area contributed by atoms with E-state index in [1.807, 2.05) is 53.7 Å². The molecule has 15 nitrogen and oxygen atoms in total.